The number of hydrogen-bond acceptors (Lipinski definition) is 3. The quantitative estimate of drug-likeness (QED) is 0.783. The van der Waals surface area contributed by atoms with Gasteiger partial charge in [0.25, 0.3) is 11.8 Å². The smallest absolute Gasteiger partial charge is 0.255 e. The van der Waals surface area contributed by atoms with Crippen molar-refractivity contribution in [2.24, 2.45) is 0 Å². The van der Waals surface area contributed by atoms with Gasteiger partial charge in [-0.25, -0.2) is 0 Å². The number of methoxy groups -OCH3 is 1. The maximum absolute atomic E-state index is 12.6. The molecule has 2 N–H and O–H groups in total. The predicted molar refractivity (Wildman–Crippen MR) is 105 cm³/mol. The van der Waals surface area contributed by atoms with Crippen molar-refractivity contribution >= 4 is 40.7 Å². The van der Waals surface area contributed by atoms with Gasteiger partial charge in [0.15, 0.2) is 5.75 Å². The number of anilines is 1. The molecule has 2 amide bonds. The Balaban J connectivity index is 2.29. The van der Waals surface area contributed by atoms with Crippen LogP contribution in [0.3, 0.4) is 0 Å². The van der Waals surface area contributed by atoms with E-state index in [4.69, 9.17) is 27.9 Å². The summed E-state index contributed by atoms with van der Waals surface area (Å²) in [4.78, 5) is 25.0. The maximum atomic E-state index is 12.6. The second kappa shape index (κ2) is 7.98. The van der Waals surface area contributed by atoms with Crippen molar-refractivity contribution in [3.05, 3.63) is 57.6 Å². The number of hydrogen-bond donors (Lipinski definition) is 2. The lowest BCUT2D eigenvalue weighted by Gasteiger charge is -2.21. The highest BCUT2D eigenvalue weighted by Crippen LogP contribution is 2.34. The zero-order valence-electron chi connectivity index (χ0n) is 14.9. The number of nitrogens with one attached hydrogen (secondary N) is 2. The normalized spacial score (nSPS) is 11.0. The average molecular weight is 395 g/mol. The second-order valence-electron chi connectivity index (χ2n) is 6.68. The van der Waals surface area contributed by atoms with Crippen LogP contribution >= 0.6 is 23.2 Å². The van der Waals surface area contributed by atoms with E-state index in [1.165, 1.54) is 19.2 Å². The molecule has 0 radical (unpaired) electrons. The molecule has 138 valence electrons. The Bertz CT molecular complexity index is 822. The van der Waals surface area contributed by atoms with E-state index in [0.29, 0.717) is 17.0 Å². The van der Waals surface area contributed by atoms with Gasteiger partial charge in [0, 0.05) is 11.1 Å². The molecule has 7 heteroatoms. The molecule has 0 aromatic heterocycles. The zero-order valence-corrected chi connectivity index (χ0v) is 16.5. The maximum Gasteiger partial charge on any atom is 0.255 e. The number of carbonyl (C=O) groups is 2. The van der Waals surface area contributed by atoms with Crippen LogP contribution in [0.2, 0.25) is 10.0 Å². The molecule has 2 rings (SSSR count). The van der Waals surface area contributed by atoms with Crippen LogP contribution in [0.5, 0.6) is 5.75 Å². The molecule has 5 nitrogen and oxygen atoms in total. The summed E-state index contributed by atoms with van der Waals surface area (Å²) in [7, 11) is 1.44. The Labute approximate surface area is 162 Å². The van der Waals surface area contributed by atoms with Crippen LogP contribution in [0.4, 0.5) is 5.69 Å². The summed E-state index contributed by atoms with van der Waals surface area (Å²) < 4.78 is 5.08. The SMILES string of the molecule is COc1c(Cl)cc(C(=O)Nc2ccccc2C(=O)NC(C)(C)C)cc1Cl. The van der Waals surface area contributed by atoms with Gasteiger partial charge in [-0.15, -0.1) is 0 Å². The Morgan fingerprint density at radius 1 is 1.00 bits per heavy atom. The van der Waals surface area contributed by atoms with Gasteiger partial charge in [0.2, 0.25) is 0 Å². The Kier molecular flexibility index (Phi) is 6.16. The van der Waals surface area contributed by atoms with Crippen molar-refractivity contribution in [2.75, 3.05) is 12.4 Å². The summed E-state index contributed by atoms with van der Waals surface area (Å²) >= 11 is 12.2. The summed E-state index contributed by atoms with van der Waals surface area (Å²) in [5.41, 5.74) is 0.612. The van der Waals surface area contributed by atoms with Crippen molar-refractivity contribution in [1.29, 1.82) is 0 Å². The summed E-state index contributed by atoms with van der Waals surface area (Å²) in [5.74, 6) is -0.415. The van der Waals surface area contributed by atoms with Gasteiger partial charge >= 0.3 is 0 Å². The van der Waals surface area contributed by atoms with Crippen molar-refractivity contribution in [3.63, 3.8) is 0 Å². The largest absolute Gasteiger partial charge is 0.494 e. The molecule has 0 bridgehead atoms. The number of para-hydroxylation sites is 1. The van der Waals surface area contributed by atoms with E-state index < -0.39 is 11.4 Å². The molecular formula is C19H20Cl2N2O3. The van der Waals surface area contributed by atoms with Crippen LogP contribution in [0.15, 0.2) is 36.4 Å². The van der Waals surface area contributed by atoms with Crippen LogP contribution < -0.4 is 15.4 Å². The second-order valence-corrected chi connectivity index (χ2v) is 7.49. The summed E-state index contributed by atoms with van der Waals surface area (Å²) in [5, 5.41) is 6.05. The molecule has 0 aliphatic carbocycles. The number of halogens is 2. The molecule has 0 spiro atoms. The molecule has 0 saturated carbocycles. The minimum atomic E-state index is -0.438. The fourth-order valence-corrected chi connectivity index (χ4v) is 2.92. The molecule has 26 heavy (non-hydrogen) atoms. The molecular weight excluding hydrogens is 375 g/mol. The third-order valence-electron chi connectivity index (χ3n) is 3.37. The van der Waals surface area contributed by atoms with E-state index >= 15 is 0 Å². The highest BCUT2D eigenvalue weighted by molar-refractivity contribution is 6.37. The Morgan fingerprint density at radius 3 is 2.12 bits per heavy atom. The molecule has 0 unspecified atom stereocenters. The van der Waals surface area contributed by atoms with E-state index in [-0.39, 0.29) is 21.5 Å². The first-order chi connectivity index (χ1) is 12.1. The number of rotatable bonds is 4. The van der Waals surface area contributed by atoms with Crippen LogP contribution in [-0.4, -0.2) is 24.5 Å². The summed E-state index contributed by atoms with van der Waals surface area (Å²) in [6.45, 7) is 5.65. The summed E-state index contributed by atoms with van der Waals surface area (Å²) in [6.07, 6.45) is 0. The predicted octanol–water partition coefficient (Wildman–Crippen LogP) is 4.78. The third-order valence-corrected chi connectivity index (χ3v) is 3.93. The van der Waals surface area contributed by atoms with E-state index in [0.717, 1.165) is 0 Å². The molecule has 0 atom stereocenters. The monoisotopic (exact) mass is 394 g/mol. The minimum Gasteiger partial charge on any atom is -0.494 e. The van der Waals surface area contributed by atoms with Gasteiger partial charge in [-0.3, -0.25) is 9.59 Å². The van der Waals surface area contributed by atoms with E-state index in [2.05, 4.69) is 10.6 Å². The van der Waals surface area contributed by atoms with Gasteiger partial charge in [-0.2, -0.15) is 0 Å². The lowest BCUT2D eigenvalue weighted by atomic mass is 10.1. The van der Waals surface area contributed by atoms with Crippen LogP contribution in [0.1, 0.15) is 41.5 Å². The fraction of sp³-hybridized carbons (Fsp3) is 0.263. The third kappa shape index (κ3) is 4.90. The van der Waals surface area contributed by atoms with Gasteiger partial charge < -0.3 is 15.4 Å². The van der Waals surface area contributed by atoms with Crippen molar-refractivity contribution in [3.8, 4) is 5.75 Å². The lowest BCUT2D eigenvalue weighted by molar-refractivity contribution is 0.0920. The first kappa shape index (κ1) is 20.1. The standard InChI is InChI=1S/C19H20Cl2N2O3/c1-19(2,3)23-18(25)12-7-5-6-8-15(12)22-17(24)11-9-13(20)16(26-4)14(21)10-11/h5-10H,1-4H3,(H,22,24)(H,23,25). The molecule has 2 aromatic rings. The molecule has 0 aliphatic heterocycles. The van der Waals surface area contributed by atoms with Crippen molar-refractivity contribution in [2.45, 2.75) is 26.3 Å². The van der Waals surface area contributed by atoms with Crippen LogP contribution in [0.25, 0.3) is 0 Å². The molecule has 0 aliphatic rings. The number of amides is 2. The molecule has 2 aromatic carbocycles. The highest BCUT2D eigenvalue weighted by Gasteiger charge is 2.20. The highest BCUT2D eigenvalue weighted by atomic mass is 35.5. The van der Waals surface area contributed by atoms with Crippen molar-refractivity contribution < 1.29 is 14.3 Å². The Hall–Kier alpha value is -2.24. The topological polar surface area (TPSA) is 67.4 Å². The first-order valence-electron chi connectivity index (χ1n) is 7.88. The average Bonchev–Trinajstić information content (AvgIpc) is 2.53. The van der Waals surface area contributed by atoms with Gasteiger partial charge in [0.1, 0.15) is 0 Å². The van der Waals surface area contributed by atoms with E-state index in [9.17, 15) is 9.59 Å². The Morgan fingerprint density at radius 2 is 1.58 bits per heavy atom. The van der Waals surface area contributed by atoms with Gasteiger partial charge in [-0.1, -0.05) is 35.3 Å². The number of benzene rings is 2. The van der Waals surface area contributed by atoms with E-state index in [1.807, 2.05) is 20.8 Å². The minimum absolute atomic E-state index is 0.226. The van der Waals surface area contributed by atoms with E-state index in [1.54, 1.807) is 24.3 Å². The molecule has 0 saturated heterocycles. The number of ether oxygens (including phenoxy) is 1. The van der Waals surface area contributed by atoms with Gasteiger partial charge in [0.05, 0.1) is 28.4 Å². The van der Waals surface area contributed by atoms with Crippen LogP contribution in [0, 0.1) is 0 Å². The van der Waals surface area contributed by atoms with Gasteiger partial charge in [-0.05, 0) is 45.0 Å². The zero-order chi connectivity index (χ0) is 19.5. The molecule has 0 fully saturated rings. The molecule has 0 heterocycles. The lowest BCUT2D eigenvalue weighted by Crippen LogP contribution is -2.40. The van der Waals surface area contributed by atoms with Crippen LogP contribution in [-0.2, 0) is 0 Å². The van der Waals surface area contributed by atoms with Crippen molar-refractivity contribution in [1.82, 2.24) is 5.32 Å². The fourth-order valence-electron chi connectivity index (χ4n) is 2.28. The number of carbonyl (C=O) groups excluding carboxylic acids is 2. The first-order valence-corrected chi connectivity index (χ1v) is 8.64. The summed E-state index contributed by atoms with van der Waals surface area (Å²) in [6, 6.07) is 9.68.